The zero-order valence-corrected chi connectivity index (χ0v) is 17.7. The monoisotopic (exact) mass is 420 g/mol. The molecule has 0 spiro atoms. The Morgan fingerprint density at radius 1 is 1.00 bits per heavy atom. The standard InChI is InChI=1S/C24H24N2O5/c1-4-30-23-12-8-18(13-19(23)15-31-21-10-5-16(2)6-11-21)24(27)25-22-14-20(26(28)29)9-7-17(22)3/h5-14H,4,15H2,1-3H3,(H,25,27). The maximum absolute atomic E-state index is 12.8. The van der Waals surface area contributed by atoms with Crippen LogP contribution in [0.15, 0.2) is 60.7 Å². The van der Waals surface area contributed by atoms with E-state index >= 15 is 0 Å². The third kappa shape index (κ3) is 5.60. The van der Waals surface area contributed by atoms with Crippen LogP contribution in [0.1, 0.15) is 34.0 Å². The summed E-state index contributed by atoms with van der Waals surface area (Å²) >= 11 is 0. The number of nitrogens with one attached hydrogen (secondary N) is 1. The largest absolute Gasteiger partial charge is 0.493 e. The Labute approximate surface area is 180 Å². The smallest absolute Gasteiger partial charge is 0.271 e. The fraction of sp³-hybridized carbons (Fsp3) is 0.208. The Balaban J connectivity index is 1.81. The summed E-state index contributed by atoms with van der Waals surface area (Å²) in [6.07, 6.45) is 0. The van der Waals surface area contributed by atoms with Gasteiger partial charge < -0.3 is 14.8 Å². The molecule has 3 rings (SSSR count). The Bertz CT molecular complexity index is 1090. The highest BCUT2D eigenvalue weighted by Gasteiger charge is 2.15. The van der Waals surface area contributed by atoms with Gasteiger partial charge in [-0.3, -0.25) is 14.9 Å². The number of anilines is 1. The Morgan fingerprint density at radius 2 is 1.74 bits per heavy atom. The molecule has 0 fully saturated rings. The van der Waals surface area contributed by atoms with Crippen molar-refractivity contribution in [1.29, 1.82) is 0 Å². The van der Waals surface area contributed by atoms with Gasteiger partial charge in [0.1, 0.15) is 18.1 Å². The summed E-state index contributed by atoms with van der Waals surface area (Å²) in [4.78, 5) is 23.4. The topological polar surface area (TPSA) is 90.7 Å². The summed E-state index contributed by atoms with van der Waals surface area (Å²) in [6, 6.07) is 17.2. The number of rotatable bonds is 8. The summed E-state index contributed by atoms with van der Waals surface area (Å²) < 4.78 is 11.5. The Hall–Kier alpha value is -3.87. The molecule has 0 aliphatic heterocycles. The van der Waals surface area contributed by atoms with Gasteiger partial charge in [0.2, 0.25) is 0 Å². The number of nitrogens with zero attached hydrogens (tertiary/aromatic N) is 1. The van der Waals surface area contributed by atoms with Gasteiger partial charge in [-0.25, -0.2) is 0 Å². The van der Waals surface area contributed by atoms with Crippen LogP contribution in [0.3, 0.4) is 0 Å². The van der Waals surface area contributed by atoms with Gasteiger partial charge in [0.15, 0.2) is 0 Å². The minimum atomic E-state index is -0.494. The molecule has 0 saturated carbocycles. The van der Waals surface area contributed by atoms with Gasteiger partial charge in [0, 0.05) is 23.3 Å². The van der Waals surface area contributed by atoms with E-state index in [9.17, 15) is 14.9 Å². The van der Waals surface area contributed by atoms with Gasteiger partial charge >= 0.3 is 0 Å². The number of nitro groups is 1. The van der Waals surface area contributed by atoms with Crippen molar-refractivity contribution in [3.8, 4) is 11.5 Å². The van der Waals surface area contributed by atoms with Gasteiger partial charge in [0.05, 0.1) is 17.2 Å². The average Bonchev–Trinajstić information content (AvgIpc) is 2.75. The fourth-order valence-corrected chi connectivity index (χ4v) is 2.98. The predicted molar refractivity (Wildman–Crippen MR) is 119 cm³/mol. The average molecular weight is 420 g/mol. The lowest BCUT2D eigenvalue weighted by molar-refractivity contribution is -0.384. The van der Waals surface area contributed by atoms with Crippen LogP contribution in [0.5, 0.6) is 11.5 Å². The number of amides is 1. The van der Waals surface area contributed by atoms with Crippen molar-refractivity contribution in [3.63, 3.8) is 0 Å². The minimum absolute atomic E-state index is 0.0835. The Morgan fingerprint density at radius 3 is 2.42 bits per heavy atom. The van der Waals surface area contributed by atoms with Crippen LogP contribution in [0, 0.1) is 24.0 Å². The first kappa shape index (κ1) is 21.8. The molecule has 0 aromatic heterocycles. The van der Waals surface area contributed by atoms with E-state index in [4.69, 9.17) is 9.47 Å². The van der Waals surface area contributed by atoms with Crippen LogP contribution >= 0.6 is 0 Å². The lowest BCUT2D eigenvalue weighted by Crippen LogP contribution is -2.14. The van der Waals surface area contributed by atoms with Crippen molar-refractivity contribution in [3.05, 3.63) is 93.0 Å². The molecule has 1 N–H and O–H groups in total. The van der Waals surface area contributed by atoms with E-state index in [2.05, 4.69) is 5.32 Å². The van der Waals surface area contributed by atoms with Gasteiger partial charge in [0.25, 0.3) is 11.6 Å². The highest BCUT2D eigenvalue weighted by Crippen LogP contribution is 2.25. The SMILES string of the molecule is CCOc1ccc(C(=O)Nc2cc([N+](=O)[O-])ccc2C)cc1COc1ccc(C)cc1. The summed E-state index contributed by atoms with van der Waals surface area (Å²) in [5.74, 6) is 0.982. The summed E-state index contributed by atoms with van der Waals surface area (Å²) in [7, 11) is 0. The maximum Gasteiger partial charge on any atom is 0.271 e. The summed E-state index contributed by atoms with van der Waals surface area (Å²) in [6.45, 7) is 6.38. The molecule has 0 saturated heterocycles. The minimum Gasteiger partial charge on any atom is -0.493 e. The first-order valence-corrected chi connectivity index (χ1v) is 9.89. The van der Waals surface area contributed by atoms with Crippen LogP contribution in [0.2, 0.25) is 0 Å². The molecule has 0 heterocycles. The fourth-order valence-electron chi connectivity index (χ4n) is 2.98. The molecule has 31 heavy (non-hydrogen) atoms. The second-order valence-corrected chi connectivity index (χ2v) is 7.07. The lowest BCUT2D eigenvalue weighted by Gasteiger charge is -2.14. The molecule has 1 amide bonds. The number of nitro benzene ring substituents is 1. The first-order chi connectivity index (χ1) is 14.9. The number of hydrogen-bond acceptors (Lipinski definition) is 5. The quantitative estimate of drug-likeness (QED) is 0.387. The molecule has 0 unspecified atom stereocenters. The number of ether oxygens (including phenoxy) is 2. The third-order valence-electron chi connectivity index (χ3n) is 4.72. The molecule has 3 aromatic rings. The van der Waals surface area contributed by atoms with E-state index in [1.54, 1.807) is 31.2 Å². The van der Waals surface area contributed by atoms with E-state index in [-0.39, 0.29) is 18.2 Å². The van der Waals surface area contributed by atoms with Gasteiger partial charge in [-0.05, 0) is 56.7 Å². The van der Waals surface area contributed by atoms with Crippen molar-refractivity contribution >= 4 is 17.3 Å². The third-order valence-corrected chi connectivity index (χ3v) is 4.72. The molecule has 7 nitrogen and oxygen atoms in total. The molecular formula is C24H24N2O5. The highest BCUT2D eigenvalue weighted by atomic mass is 16.6. The van der Waals surface area contributed by atoms with Crippen molar-refractivity contribution in [2.75, 3.05) is 11.9 Å². The van der Waals surface area contributed by atoms with Crippen molar-refractivity contribution in [2.45, 2.75) is 27.4 Å². The maximum atomic E-state index is 12.8. The van der Waals surface area contributed by atoms with Crippen LogP contribution in [-0.4, -0.2) is 17.4 Å². The number of hydrogen-bond donors (Lipinski definition) is 1. The van der Waals surface area contributed by atoms with E-state index in [1.165, 1.54) is 12.1 Å². The molecule has 7 heteroatoms. The second kappa shape index (κ2) is 9.75. The normalized spacial score (nSPS) is 10.4. The molecule has 160 valence electrons. The number of non-ortho nitro benzene ring substituents is 1. The highest BCUT2D eigenvalue weighted by molar-refractivity contribution is 6.05. The van der Waals surface area contributed by atoms with Crippen molar-refractivity contribution in [2.24, 2.45) is 0 Å². The summed E-state index contributed by atoms with van der Waals surface area (Å²) in [5.41, 5.74) is 3.30. The van der Waals surface area contributed by atoms with Crippen LogP contribution in [0.4, 0.5) is 11.4 Å². The molecular weight excluding hydrogens is 396 g/mol. The zero-order valence-electron chi connectivity index (χ0n) is 17.7. The van der Waals surface area contributed by atoms with E-state index in [1.807, 2.05) is 38.1 Å². The molecule has 0 radical (unpaired) electrons. The molecule has 0 aliphatic rings. The summed E-state index contributed by atoms with van der Waals surface area (Å²) in [5, 5.41) is 13.8. The zero-order chi connectivity index (χ0) is 22.4. The Kier molecular flexibility index (Phi) is 6.87. The van der Waals surface area contributed by atoms with Gasteiger partial charge in [-0.1, -0.05) is 23.8 Å². The van der Waals surface area contributed by atoms with Gasteiger partial charge in [-0.15, -0.1) is 0 Å². The molecule has 0 atom stereocenters. The van der Waals surface area contributed by atoms with E-state index in [0.717, 1.165) is 22.4 Å². The van der Waals surface area contributed by atoms with Crippen LogP contribution in [0.25, 0.3) is 0 Å². The predicted octanol–water partition coefficient (Wildman–Crippen LogP) is 5.44. The molecule has 3 aromatic carbocycles. The van der Waals surface area contributed by atoms with E-state index in [0.29, 0.717) is 23.6 Å². The first-order valence-electron chi connectivity index (χ1n) is 9.89. The number of aryl methyl sites for hydroxylation is 2. The van der Waals surface area contributed by atoms with Crippen LogP contribution in [-0.2, 0) is 6.61 Å². The van der Waals surface area contributed by atoms with Crippen LogP contribution < -0.4 is 14.8 Å². The van der Waals surface area contributed by atoms with Crippen molar-refractivity contribution < 1.29 is 19.2 Å². The lowest BCUT2D eigenvalue weighted by atomic mass is 10.1. The van der Waals surface area contributed by atoms with E-state index < -0.39 is 4.92 Å². The molecule has 0 aliphatic carbocycles. The van der Waals surface area contributed by atoms with Crippen molar-refractivity contribution in [1.82, 2.24) is 0 Å². The number of carbonyl (C=O) groups excluding carboxylic acids is 1. The number of carbonyl (C=O) groups is 1. The number of benzene rings is 3. The second-order valence-electron chi connectivity index (χ2n) is 7.07. The molecule has 0 bridgehead atoms. The van der Waals surface area contributed by atoms with Gasteiger partial charge in [-0.2, -0.15) is 0 Å².